The first-order valence-corrected chi connectivity index (χ1v) is 28.3. The zero-order chi connectivity index (χ0) is 49.7. The molecule has 4 rings (SSSR count). The fourth-order valence-electron chi connectivity index (χ4n) is 8.38. The van der Waals surface area contributed by atoms with E-state index in [1.807, 2.05) is 46.7 Å². The number of anilines is 4. The molecule has 0 saturated carbocycles. The molecule has 0 spiro atoms. The Bertz CT molecular complexity index is 2040. The first kappa shape index (κ1) is 56.6. The third kappa shape index (κ3) is 18.3. The van der Waals surface area contributed by atoms with Crippen molar-refractivity contribution >= 4 is 45.0 Å². The van der Waals surface area contributed by atoms with E-state index in [-0.39, 0.29) is 9.79 Å². The average molecular weight is 965 g/mol. The zero-order valence-corrected chi connectivity index (χ0v) is 44.7. The van der Waals surface area contributed by atoms with Gasteiger partial charge in [-0.1, -0.05) is 105 Å². The van der Waals surface area contributed by atoms with Crippen LogP contribution in [0, 0.1) is 0 Å². The van der Waals surface area contributed by atoms with Crippen LogP contribution in [0.4, 0.5) is 22.7 Å². The predicted octanol–water partition coefficient (Wildman–Crippen LogP) is 15.0. The molecule has 0 fully saturated rings. The summed E-state index contributed by atoms with van der Waals surface area (Å²) < 4.78 is 41.2. The van der Waals surface area contributed by atoms with Crippen molar-refractivity contribution in [2.75, 3.05) is 72.3 Å². The van der Waals surface area contributed by atoms with Crippen LogP contribution >= 0.6 is 0 Å². The Balaban J connectivity index is 1.59. The van der Waals surface area contributed by atoms with E-state index < -0.39 is 9.84 Å². The SMILES string of the molecule is CCCCCCOc1cc(N(CC)CC)ccc1/C=N/N(CCCCCC)c1ccc(S(=O)(=O)c2ccc(N(CCCCCC)/N=C/c3ccc(N(CC)CC)cc3OCCCCCC)cc2)cc1. The molecule has 0 saturated heterocycles. The molecule has 0 radical (unpaired) electrons. The lowest BCUT2D eigenvalue weighted by Crippen LogP contribution is -2.22. The highest BCUT2D eigenvalue weighted by molar-refractivity contribution is 7.91. The van der Waals surface area contributed by atoms with Gasteiger partial charge in [0.05, 0.1) is 46.8 Å². The van der Waals surface area contributed by atoms with Gasteiger partial charge in [0, 0.05) is 73.9 Å². The topological polar surface area (TPSA) is 90.3 Å². The predicted molar refractivity (Wildman–Crippen MR) is 296 cm³/mol. The highest BCUT2D eigenvalue weighted by Gasteiger charge is 2.20. The number of hydrogen-bond donors (Lipinski definition) is 0. The summed E-state index contributed by atoms with van der Waals surface area (Å²) in [4.78, 5) is 5.13. The zero-order valence-electron chi connectivity index (χ0n) is 43.9. The van der Waals surface area contributed by atoms with Crippen molar-refractivity contribution in [2.45, 2.75) is 168 Å². The normalized spacial score (nSPS) is 11.7. The van der Waals surface area contributed by atoms with Crippen LogP contribution in [-0.4, -0.2) is 73.3 Å². The first-order chi connectivity index (χ1) is 33.7. The van der Waals surface area contributed by atoms with E-state index in [1.165, 1.54) is 25.7 Å². The van der Waals surface area contributed by atoms with Crippen LogP contribution in [0.3, 0.4) is 0 Å². The lowest BCUT2D eigenvalue weighted by Gasteiger charge is -2.23. The molecular formula is C58H88N6O4S. The van der Waals surface area contributed by atoms with E-state index in [1.54, 1.807) is 24.3 Å². The summed E-state index contributed by atoms with van der Waals surface area (Å²) in [5.74, 6) is 1.66. The summed E-state index contributed by atoms with van der Waals surface area (Å²) >= 11 is 0. The van der Waals surface area contributed by atoms with Crippen molar-refractivity contribution in [3.8, 4) is 11.5 Å². The van der Waals surface area contributed by atoms with E-state index in [0.717, 1.165) is 149 Å². The van der Waals surface area contributed by atoms with Gasteiger partial charge in [-0.05, 0) is 126 Å². The quantitative estimate of drug-likeness (QED) is 0.0253. The van der Waals surface area contributed by atoms with E-state index in [0.29, 0.717) is 26.3 Å². The minimum atomic E-state index is -3.81. The summed E-state index contributed by atoms with van der Waals surface area (Å²) in [5, 5.41) is 14.0. The smallest absolute Gasteiger partial charge is 0.206 e. The summed E-state index contributed by atoms with van der Waals surface area (Å²) in [5.41, 5.74) is 5.79. The Hall–Kier alpha value is -5.03. The fraction of sp³-hybridized carbons (Fsp3) is 0.552. The van der Waals surface area contributed by atoms with E-state index in [4.69, 9.17) is 19.7 Å². The molecule has 0 atom stereocenters. The largest absolute Gasteiger partial charge is 0.493 e. The fourth-order valence-corrected chi connectivity index (χ4v) is 9.64. The molecule has 0 N–H and O–H groups in total. The van der Waals surface area contributed by atoms with Gasteiger partial charge in [0.25, 0.3) is 0 Å². The average Bonchev–Trinajstić information content (AvgIpc) is 3.37. The van der Waals surface area contributed by atoms with Crippen LogP contribution in [-0.2, 0) is 9.84 Å². The number of ether oxygens (including phenoxy) is 2. The van der Waals surface area contributed by atoms with Gasteiger partial charge in [-0.3, -0.25) is 10.0 Å². The van der Waals surface area contributed by atoms with Gasteiger partial charge in [0.1, 0.15) is 11.5 Å². The van der Waals surface area contributed by atoms with Crippen LogP contribution < -0.4 is 29.3 Å². The molecule has 4 aromatic rings. The van der Waals surface area contributed by atoms with Gasteiger partial charge in [-0.2, -0.15) is 10.2 Å². The molecule has 11 heteroatoms. The molecule has 0 aliphatic carbocycles. The van der Waals surface area contributed by atoms with Crippen LogP contribution in [0.15, 0.2) is 105 Å². The van der Waals surface area contributed by atoms with E-state index in [9.17, 15) is 8.42 Å². The van der Waals surface area contributed by atoms with Crippen LogP contribution in [0.2, 0.25) is 0 Å². The molecule has 0 amide bonds. The van der Waals surface area contributed by atoms with Gasteiger partial charge >= 0.3 is 0 Å². The summed E-state index contributed by atoms with van der Waals surface area (Å²) in [7, 11) is -3.81. The Kier molecular flexibility index (Phi) is 26.2. The molecule has 0 aliphatic heterocycles. The Morgan fingerprint density at radius 2 is 0.754 bits per heavy atom. The molecule has 4 aromatic carbocycles. The van der Waals surface area contributed by atoms with Crippen LogP contribution in [0.25, 0.3) is 0 Å². The Morgan fingerprint density at radius 1 is 0.420 bits per heavy atom. The van der Waals surface area contributed by atoms with Crippen molar-refractivity contribution < 1.29 is 17.9 Å². The van der Waals surface area contributed by atoms with Crippen molar-refractivity contribution in [1.82, 2.24) is 0 Å². The highest BCUT2D eigenvalue weighted by Crippen LogP contribution is 2.30. The van der Waals surface area contributed by atoms with E-state index in [2.05, 4.69) is 102 Å². The third-order valence-corrected chi connectivity index (χ3v) is 14.6. The molecule has 380 valence electrons. The van der Waals surface area contributed by atoms with Gasteiger partial charge in [0.15, 0.2) is 0 Å². The summed E-state index contributed by atoms with van der Waals surface area (Å²) in [6.07, 6.45) is 21.6. The standard InChI is InChI=1S/C58H88N6O4S/c1-9-17-21-25-41-63(59-47-49-29-31-53(61(13-5)14-6)45-57(49)67-43-27-23-19-11-3)51-33-37-55(38-34-51)69(65,66)56-39-35-52(36-40-56)64(42-26-22-18-10-2)60-48-50-30-32-54(62(15-7)16-8)46-58(50)68-44-28-24-20-12-4/h29-40,45-48H,9-28,41-44H2,1-8H3/b59-47+,60-48+. The molecule has 0 unspecified atom stereocenters. The second-order valence-electron chi connectivity index (χ2n) is 18.0. The van der Waals surface area contributed by atoms with Crippen molar-refractivity contribution in [3.63, 3.8) is 0 Å². The van der Waals surface area contributed by atoms with Crippen molar-refractivity contribution in [1.29, 1.82) is 0 Å². The Morgan fingerprint density at radius 3 is 1.09 bits per heavy atom. The number of hydrogen-bond acceptors (Lipinski definition) is 10. The number of benzene rings is 4. The number of nitrogens with zero attached hydrogens (tertiary/aromatic N) is 6. The molecule has 69 heavy (non-hydrogen) atoms. The number of rotatable bonds is 36. The maximum atomic E-state index is 14.2. The summed E-state index contributed by atoms with van der Waals surface area (Å²) in [6.45, 7) is 24.0. The lowest BCUT2D eigenvalue weighted by molar-refractivity contribution is 0.304. The van der Waals surface area contributed by atoms with Crippen molar-refractivity contribution in [3.05, 3.63) is 96.1 Å². The second kappa shape index (κ2) is 32.0. The van der Waals surface area contributed by atoms with Crippen LogP contribution in [0.5, 0.6) is 11.5 Å². The number of sulfone groups is 1. The highest BCUT2D eigenvalue weighted by atomic mass is 32.2. The molecule has 10 nitrogen and oxygen atoms in total. The molecule has 0 aliphatic rings. The van der Waals surface area contributed by atoms with Gasteiger partial charge in [0.2, 0.25) is 9.84 Å². The number of hydrazone groups is 2. The van der Waals surface area contributed by atoms with Gasteiger partial charge in [-0.25, -0.2) is 8.42 Å². The van der Waals surface area contributed by atoms with Crippen LogP contribution in [0.1, 0.15) is 169 Å². The van der Waals surface area contributed by atoms with Crippen molar-refractivity contribution in [2.24, 2.45) is 10.2 Å². The maximum absolute atomic E-state index is 14.2. The summed E-state index contributed by atoms with van der Waals surface area (Å²) in [6, 6.07) is 27.1. The molecule has 0 heterocycles. The molecular weight excluding hydrogens is 877 g/mol. The first-order valence-electron chi connectivity index (χ1n) is 26.8. The monoisotopic (exact) mass is 965 g/mol. The second-order valence-corrected chi connectivity index (χ2v) is 19.9. The minimum absolute atomic E-state index is 0.240. The lowest BCUT2D eigenvalue weighted by atomic mass is 10.1. The maximum Gasteiger partial charge on any atom is 0.206 e. The molecule has 0 aromatic heterocycles. The molecule has 0 bridgehead atoms. The Labute approximate surface area is 419 Å². The third-order valence-electron chi connectivity index (χ3n) is 12.8. The minimum Gasteiger partial charge on any atom is -0.493 e. The van der Waals surface area contributed by atoms with Gasteiger partial charge in [-0.15, -0.1) is 0 Å². The van der Waals surface area contributed by atoms with E-state index >= 15 is 0 Å². The number of unbranched alkanes of at least 4 members (excludes halogenated alkanes) is 12. The van der Waals surface area contributed by atoms with Gasteiger partial charge < -0.3 is 19.3 Å².